The van der Waals surface area contributed by atoms with Crippen molar-refractivity contribution in [3.63, 3.8) is 0 Å². The van der Waals surface area contributed by atoms with E-state index in [9.17, 15) is 4.79 Å². The normalized spacial score (nSPS) is 10.3. The van der Waals surface area contributed by atoms with Crippen molar-refractivity contribution in [1.82, 2.24) is 0 Å². The fourth-order valence-corrected chi connectivity index (χ4v) is 1.83. The molecule has 78 valence electrons. The molecular formula is C13H16OSi. The van der Waals surface area contributed by atoms with Crippen LogP contribution >= 0.6 is 0 Å². The van der Waals surface area contributed by atoms with Crippen molar-refractivity contribution in [2.45, 2.75) is 26.1 Å². The van der Waals surface area contributed by atoms with Crippen LogP contribution in [0, 0.1) is 11.5 Å². The van der Waals surface area contributed by atoms with Crippen molar-refractivity contribution in [1.29, 1.82) is 0 Å². The Bertz CT molecular complexity index is 405. The maximum absolute atomic E-state index is 10.7. The molecule has 0 fully saturated rings. The minimum absolute atomic E-state index is 0.680. The van der Waals surface area contributed by atoms with E-state index in [4.69, 9.17) is 0 Å². The number of hydrogen-bond acceptors (Lipinski definition) is 1. The molecule has 0 saturated carbocycles. The van der Waals surface area contributed by atoms with Gasteiger partial charge in [0.25, 0.3) is 0 Å². The zero-order valence-corrected chi connectivity index (χ0v) is 10.5. The van der Waals surface area contributed by atoms with Crippen LogP contribution in [0.1, 0.15) is 15.9 Å². The van der Waals surface area contributed by atoms with Gasteiger partial charge in [-0.05, 0) is 5.56 Å². The molecule has 1 aromatic carbocycles. The van der Waals surface area contributed by atoms with Gasteiger partial charge in [-0.25, -0.2) is 0 Å². The first-order valence-corrected chi connectivity index (χ1v) is 8.56. The zero-order valence-electron chi connectivity index (χ0n) is 9.50. The van der Waals surface area contributed by atoms with Gasteiger partial charge in [0.2, 0.25) is 0 Å². The van der Waals surface area contributed by atoms with Gasteiger partial charge in [0.15, 0.2) is 0 Å². The highest BCUT2D eigenvalue weighted by Crippen LogP contribution is 2.06. The summed E-state index contributed by atoms with van der Waals surface area (Å²) in [6.45, 7) is 6.64. The third-order valence-electron chi connectivity index (χ3n) is 1.92. The number of aldehydes is 1. The predicted molar refractivity (Wildman–Crippen MR) is 66.7 cm³/mol. The third-order valence-corrected chi connectivity index (χ3v) is 2.85. The van der Waals surface area contributed by atoms with E-state index in [0.717, 1.165) is 17.4 Å². The lowest BCUT2D eigenvalue weighted by Gasteiger charge is -2.04. The van der Waals surface area contributed by atoms with Crippen LogP contribution in [0.25, 0.3) is 0 Å². The van der Waals surface area contributed by atoms with E-state index < -0.39 is 8.07 Å². The van der Waals surface area contributed by atoms with Gasteiger partial charge in [0.05, 0.1) is 0 Å². The summed E-state index contributed by atoms with van der Waals surface area (Å²) in [6.07, 6.45) is 1.57. The van der Waals surface area contributed by atoms with Crippen LogP contribution in [0.5, 0.6) is 0 Å². The van der Waals surface area contributed by atoms with E-state index in [1.54, 1.807) is 0 Å². The average Bonchev–Trinajstić information content (AvgIpc) is 2.16. The Hall–Kier alpha value is -1.33. The summed E-state index contributed by atoms with van der Waals surface area (Å²) in [7, 11) is -1.29. The second kappa shape index (κ2) is 4.95. The third kappa shape index (κ3) is 4.14. The molecule has 0 radical (unpaired) electrons. The summed E-state index contributed by atoms with van der Waals surface area (Å²) >= 11 is 0. The molecule has 0 aliphatic carbocycles. The van der Waals surface area contributed by atoms with Gasteiger partial charge < -0.3 is 0 Å². The molecule has 0 aromatic heterocycles. The minimum atomic E-state index is -1.29. The SMILES string of the molecule is C[Si](C)(C)C#CCc1ccccc1C=O. The smallest absolute Gasteiger partial charge is 0.150 e. The van der Waals surface area contributed by atoms with Crippen LogP contribution in [0.15, 0.2) is 24.3 Å². The fraction of sp³-hybridized carbons (Fsp3) is 0.308. The lowest BCUT2D eigenvalue weighted by molar-refractivity contribution is 0.112. The Kier molecular flexibility index (Phi) is 3.87. The van der Waals surface area contributed by atoms with Crippen molar-refractivity contribution in [3.8, 4) is 11.5 Å². The second-order valence-electron chi connectivity index (χ2n) is 4.55. The van der Waals surface area contributed by atoms with Crippen molar-refractivity contribution in [2.24, 2.45) is 0 Å². The topological polar surface area (TPSA) is 17.1 Å². The standard InChI is InChI=1S/C13H16OSi/c1-15(2,3)10-6-9-12-7-4-5-8-13(12)11-14/h4-5,7-8,11H,9H2,1-3H3. The fourth-order valence-electron chi connectivity index (χ4n) is 1.21. The number of carbonyl (C=O) groups is 1. The lowest BCUT2D eigenvalue weighted by Crippen LogP contribution is -2.16. The summed E-state index contributed by atoms with van der Waals surface area (Å²) in [5, 5.41) is 0. The molecule has 0 saturated heterocycles. The molecule has 0 heterocycles. The van der Waals surface area contributed by atoms with Crippen LogP contribution in [0.2, 0.25) is 19.6 Å². The van der Waals surface area contributed by atoms with Gasteiger partial charge >= 0.3 is 0 Å². The van der Waals surface area contributed by atoms with E-state index >= 15 is 0 Å². The summed E-state index contributed by atoms with van der Waals surface area (Å²) in [4.78, 5) is 10.7. The van der Waals surface area contributed by atoms with Crippen LogP contribution < -0.4 is 0 Å². The Morgan fingerprint density at radius 2 is 1.93 bits per heavy atom. The van der Waals surface area contributed by atoms with E-state index in [-0.39, 0.29) is 0 Å². The molecule has 0 amide bonds. The average molecular weight is 216 g/mol. The highest BCUT2D eigenvalue weighted by Gasteiger charge is 2.07. The molecule has 1 aromatic rings. The van der Waals surface area contributed by atoms with Crippen molar-refractivity contribution in [3.05, 3.63) is 35.4 Å². The zero-order chi connectivity index (χ0) is 11.3. The summed E-state index contributed by atoms with van der Waals surface area (Å²) in [5.41, 5.74) is 5.07. The summed E-state index contributed by atoms with van der Waals surface area (Å²) < 4.78 is 0. The van der Waals surface area contributed by atoms with Crippen molar-refractivity contribution >= 4 is 14.4 Å². The Balaban J connectivity index is 2.80. The number of benzene rings is 1. The van der Waals surface area contributed by atoms with Gasteiger partial charge in [-0.1, -0.05) is 43.9 Å². The molecule has 1 nitrogen and oxygen atoms in total. The molecule has 0 aliphatic rings. The van der Waals surface area contributed by atoms with E-state index in [0.29, 0.717) is 6.42 Å². The summed E-state index contributed by atoms with van der Waals surface area (Å²) in [5.74, 6) is 3.17. The molecule has 0 aliphatic heterocycles. The number of carbonyl (C=O) groups excluding carboxylic acids is 1. The first-order valence-electron chi connectivity index (χ1n) is 5.06. The number of rotatable bonds is 2. The lowest BCUT2D eigenvalue weighted by atomic mass is 10.1. The number of hydrogen-bond donors (Lipinski definition) is 0. The van der Waals surface area contributed by atoms with Gasteiger partial charge in [-0.15, -0.1) is 11.5 Å². The maximum Gasteiger partial charge on any atom is 0.150 e. The monoisotopic (exact) mass is 216 g/mol. The summed E-state index contributed by atoms with van der Waals surface area (Å²) in [6, 6.07) is 7.61. The molecule has 0 atom stereocenters. The van der Waals surface area contributed by atoms with Crippen LogP contribution in [0.4, 0.5) is 0 Å². The molecule has 2 heteroatoms. The molecule has 0 unspecified atom stereocenters. The van der Waals surface area contributed by atoms with Crippen LogP contribution in [-0.2, 0) is 6.42 Å². The largest absolute Gasteiger partial charge is 0.298 e. The molecule has 0 N–H and O–H groups in total. The van der Waals surface area contributed by atoms with Gasteiger partial charge in [0.1, 0.15) is 14.4 Å². The minimum Gasteiger partial charge on any atom is -0.298 e. The van der Waals surface area contributed by atoms with E-state index in [2.05, 4.69) is 31.1 Å². The Morgan fingerprint density at radius 3 is 2.53 bits per heavy atom. The Morgan fingerprint density at radius 1 is 1.27 bits per heavy atom. The molecule has 0 spiro atoms. The van der Waals surface area contributed by atoms with E-state index in [1.165, 1.54) is 0 Å². The maximum atomic E-state index is 10.7. The van der Waals surface area contributed by atoms with Crippen LogP contribution in [-0.4, -0.2) is 14.4 Å². The van der Waals surface area contributed by atoms with Gasteiger partial charge in [-0.3, -0.25) is 4.79 Å². The van der Waals surface area contributed by atoms with Gasteiger partial charge in [-0.2, -0.15) is 0 Å². The van der Waals surface area contributed by atoms with Crippen molar-refractivity contribution in [2.75, 3.05) is 0 Å². The predicted octanol–water partition coefficient (Wildman–Crippen LogP) is 2.92. The molecule has 1 rings (SSSR count). The highest BCUT2D eigenvalue weighted by atomic mass is 28.3. The first-order chi connectivity index (χ1) is 7.03. The first kappa shape index (κ1) is 11.7. The second-order valence-corrected chi connectivity index (χ2v) is 9.30. The van der Waals surface area contributed by atoms with Crippen LogP contribution in [0.3, 0.4) is 0 Å². The molecule has 0 bridgehead atoms. The van der Waals surface area contributed by atoms with E-state index in [1.807, 2.05) is 24.3 Å². The molecule has 15 heavy (non-hydrogen) atoms. The Labute approximate surface area is 92.5 Å². The van der Waals surface area contributed by atoms with Gasteiger partial charge in [0, 0.05) is 12.0 Å². The molecular weight excluding hydrogens is 200 g/mol. The quantitative estimate of drug-likeness (QED) is 0.422. The highest BCUT2D eigenvalue weighted by molar-refractivity contribution is 6.83. The van der Waals surface area contributed by atoms with Crippen molar-refractivity contribution < 1.29 is 4.79 Å².